The molecule has 0 fully saturated rings. The van der Waals surface area contributed by atoms with Gasteiger partial charge in [0, 0.05) is 25.7 Å². The Labute approximate surface area is 206 Å². The van der Waals surface area contributed by atoms with E-state index in [1.165, 1.54) is 36.2 Å². The van der Waals surface area contributed by atoms with Gasteiger partial charge in [0.1, 0.15) is 0 Å². The number of rotatable bonds is 9. The van der Waals surface area contributed by atoms with E-state index in [-0.39, 0.29) is 23.9 Å². The predicted molar refractivity (Wildman–Crippen MR) is 134 cm³/mol. The van der Waals surface area contributed by atoms with Crippen molar-refractivity contribution in [2.75, 3.05) is 33.9 Å². The van der Waals surface area contributed by atoms with Gasteiger partial charge in [0.05, 0.1) is 25.7 Å². The molecule has 1 aliphatic heterocycles. The second-order valence-corrected chi connectivity index (χ2v) is 10.4. The molecular formula is C27H30N2O5S. The van der Waals surface area contributed by atoms with Gasteiger partial charge < -0.3 is 14.4 Å². The first-order chi connectivity index (χ1) is 16.9. The summed E-state index contributed by atoms with van der Waals surface area (Å²) in [6, 6.07) is 22.2. The number of nitrogens with zero attached hydrogens (tertiary/aromatic N) is 2. The Morgan fingerprint density at radius 3 is 2.31 bits per heavy atom. The molecule has 35 heavy (non-hydrogen) atoms. The Balaban J connectivity index is 1.59. The monoisotopic (exact) mass is 494 g/mol. The van der Waals surface area contributed by atoms with Crippen molar-refractivity contribution in [2.45, 2.75) is 24.3 Å². The largest absolute Gasteiger partial charge is 0.493 e. The molecule has 184 valence electrons. The van der Waals surface area contributed by atoms with Crippen LogP contribution in [0.25, 0.3) is 0 Å². The average Bonchev–Trinajstić information content (AvgIpc) is 2.90. The molecule has 1 heterocycles. The van der Waals surface area contributed by atoms with E-state index >= 15 is 0 Å². The van der Waals surface area contributed by atoms with Crippen molar-refractivity contribution >= 4 is 15.9 Å². The van der Waals surface area contributed by atoms with Crippen LogP contribution in [0.5, 0.6) is 11.5 Å². The number of carbonyl (C=O) groups excluding carboxylic acids is 1. The highest BCUT2D eigenvalue weighted by molar-refractivity contribution is 7.89. The van der Waals surface area contributed by atoms with E-state index in [1.807, 2.05) is 48.5 Å². The Hall–Kier alpha value is -3.36. The number of hydrogen-bond donors (Lipinski definition) is 0. The Bertz CT molecular complexity index is 1280. The van der Waals surface area contributed by atoms with Gasteiger partial charge in [-0.05, 0) is 41.7 Å². The zero-order chi connectivity index (χ0) is 24.8. The first-order valence-corrected chi connectivity index (χ1v) is 13.0. The van der Waals surface area contributed by atoms with Gasteiger partial charge in [-0.3, -0.25) is 4.79 Å². The summed E-state index contributed by atoms with van der Waals surface area (Å²) in [5.74, 6) is 0.539. The predicted octanol–water partition coefficient (Wildman–Crippen LogP) is 3.52. The number of benzene rings is 3. The highest BCUT2D eigenvalue weighted by atomic mass is 32.2. The fourth-order valence-electron chi connectivity index (χ4n) is 4.27. The maximum Gasteiger partial charge on any atom is 0.243 e. The van der Waals surface area contributed by atoms with Gasteiger partial charge in [-0.1, -0.05) is 54.6 Å². The number of amides is 1. The molecule has 3 aromatic rings. The van der Waals surface area contributed by atoms with E-state index in [0.29, 0.717) is 31.0 Å². The molecule has 0 unspecified atom stereocenters. The first-order valence-electron chi connectivity index (χ1n) is 11.5. The molecule has 8 heteroatoms. The van der Waals surface area contributed by atoms with Crippen LogP contribution in [0, 0.1) is 0 Å². The molecule has 1 aliphatic rings. The molecule has 7 nitrogen and oxygen atoms in total. The normalized spacial score (nSPS) is 13.4. The quantitative estimate of drug-likeness (QED) is 0.455. The topological polar surface area (TPSA) is 76.2 Å². The van der Waals surface area contributed by atoms with Crippen LogP contribution < -0.4 is 9.47 Å². The van der Waals surface area contributed by atoms with Crippen LogP contribution in [-0.4, -0.2) is 57.4 Å². The fraction of sp³-hybridized carbons (Fsp3) is 0.296. The molecule has 0 saturated heterocycles. The fourth-order valence-corrected chi connectivity index (χ4v) is 5.67. The van der Waals surface area contributed by atoms with Crippen molar-refractivity contribution in [1.29, 1.82) is 0 Å². The minimum absolute atomic E-state index is 0.0556. The zero-order valence-electron chi connectivity index (χ0n) is 20.0. The Morgan fingerprint density at radius 2 is 1.60 bits per heavy atom. The standard InChI is InChI=1S/C27H30N2O5S/c1-33-25-13-12-24(18-26(25)34-2)35(31,32)29(17-14-21-8-4-3-5-9-21)20-27(30)28-16-15-22-10-6-7-11-23(22)19-28/h3-13,18H,14-17,19-20H2,1-2H3. The van der Waals surface area contributed by atoms with Crippen LogP contribution in [0.15, 0.2) is 77.7 Å². The molecule has 0 aromatic heterocycles. The minimum atomic E-state index is -3.97. The van der Waals surface area contributed by atoms with Crippen molar-refractivity contribution in [1.82, 2.24) is 9.21 Å². The van der Waals surface area contributed by atoms with Crippen LogP contribution in [0.1, 0.15) is 16.7 Å². The number of hydrogen-bond acceptors (Lipinski definition) is 5. The van der Waals surface area contributed by atoms with E-state index in [0.717, 1.165) is 17.5 Å². The van der Waals surface area contributed by atoms with E-state index in [9.17, 15) is 13.2 Å². The first kappa shape index (κ1) is 24.8. The lowest BCUT2D eigenvalue weighted by Gasteiger charge is -2.31. The van der Waals surface area contributed by atoms with Crippen LogP contribution in [0.4, 0.5) is 0 Å². The summed E-state index contributed by atoms with van der Waals surface area (Å²) < 4.78 is 39.2. The molecule has 0 radical (unpaired) electrons. The highest BCUT2D eigenvalue weighted by Gasteiger charge is 2.30. The van der Waals surface area contributed by atoms with Gasteiger partial charge in [-0.15, -0.1) is 0 Å². The third-order valence-electron chi connectivity index (χ3n) is 6.28. The summed E-state index contributed by atoms with van der Waals surface area (Å²) in [5, 5.41) is 0. The molecular weight excluding hydrogens is 464 g/mol. The summed E-state index contributed by atoms with van der Waals surface area (Å²) in [6.07, 6.45) is 1.25. The van der Waals surface area contributed by atoms with E-state index < -0.39 is 10.0 Å². The maximum absolute atomic E-state index is 13.7. The molecule has 4 rings (SSSR count). The lowest BCUT2D eigenvalue weighted by atomic mass is 10.00. The summed E-state index contributed by atoms with van der Waals surface area (Å²) in [5.41, 5.74) is 3.33. The summed E-state index contributed by atoms with van der Waals surface area (Å²) >= 11 is 0. The van der Waals surface area contributed by atoms with Crippen molar-refractivity contribution in [3.63, 3.8) is 0 Å². The highest BCUT2D eigenvalue weighted by Crippen LogP contribution is 2.31. The summed E-state index contributed by atoms with van der Waals surface area (Å²) in [6.45, 7) is 0.999. The molecule has 1 amide bonds. The zero-order valence-corrected chi connectivity index (χ0v) is 20.8. The molecule has 0 N–H and O–H groups in total. The van der Waals surface area contributed by atoms with E-state index in [4.69, 9.17) is 9.47 Å². The Morgan fingerprint density at radius 1 is 0.914 bits per heavy atom. The van der Waals surface area contributed by atoms with Crippen LogP contribution in [-0.2, 0) is 34.2 Å². The number of methoxy groups -OCH3 is 2. The average molecular weight is 495 g/mol. The van der Waals surface area contributed by atoms with Crippen LogP contribution >= 0.6 is 0 Å². The smallest absolute Gasteiger partial charge is 0.243 e. The van der Waals surface area contributed by atoms with Crippen molar-refractivity contribution in [3.05, 3.63) is 89.5 Å². The van der Waals surface area contributed by atoms with Gasteiger partial charge in [0.15, 0.2) is 11.5 Å². The third-order valence-corrected chi connectivity index (χ3v) is 8.12. The van der Waals surface area contributed by atoms with Gasteiger partial charge in [0.25, 0.3) is 0 Å². The maximum atomic E-state index is 13.7. The molecule has 0 saturated carbocycles. The summed E-state index contributed by atoms with van der Waals surface area (Å²) in [4.78, 5) is 15.1. The van der Waals surface area contributed by atoms with E-state index in [2.05, 4.69) is 6.07 Å². The van der Waals surface area contributed by atoms with Crippen molar-refractivity contribution < 1.29 is 22.7 Å². The Kier molecular flexibility index (Phi) is 7.73. The number of sulfonamides is 1. The molecule has 0 aliphatic carbocycles. The molecule has 0 spiro atoms. The number of carbonyl (C=O) groups is 1. The van der Waals surface area contributed by atoms with Crippen molar-refractivity contribution in [3.8, 4) is 11.5 Å². The molecule has 0 bridgehead atoms. The molecule has 0 atom stereocenters. The minimum Gasteiger partial charge on any atom is -0.493 e. The SMILES string of the molecule is COc1ccc(S(=O)(=O)N(CCc2ccccc2)CC(=O)N2CCc3ccccc3C2)cc1OC. The number of fused-ring (bicyclic) bond motifs is 1. The van der Waals surface area contributed by atoms with Crippen LogP contribution in [0.2, 0.25) is 0 Å². The third kappa shape index (κ3) is 5.66. The second-order valence-electron chi connectivity index (χ2n) is 8.42. The van der Waals surface area contributed by atoms with Crippen LogP contribution in [0.3, 0.4) is 0 Å². The number of ether oxygens (including phenoxy) is 2. The van der Waals surface area contributed by atoms with Gasteiger partial charge in [-0.2, -0.15) is 4.31 Å². The van der Waals surface area contributed by atoms with Gasteiger partial charge in [-0.25, -0.2) is 8.42 Å². The lowest BCUT2D eigenvalue weighted by molar-refractivity contribution is -0.132. The lowest BCUT2D eigenvalue weighted by Crippen LogP contribution is -2.45. The van der Waals surface area contributed by atoms with Gasteiger partial charge in [0.2, 0.25) is 15.9 Å². The summed E-state index contributed by atoms with van der Waals surface area (Å²) in [7, 11) is -1.02. The second kappa shape index (κ2) is 10.9. The molecule has 3 aromatic carbocycles. The van der Waals surface area contributed by atoms with Crippen molar-refractivity contribution in [2.24, 2.45) is 0 Å². The van der Waals surface area contributed by atoms with Gasteiger partial charge >= 0.3 is 0 Å². The van der Waals surface area contributed by atoms with E-state index in [1.54, 1.807) is 11.0 Å².